The number of ether oxygens (including phenoxy) is 1. The number of aryl methyl sites for hydroxylation is 2. The molecule has 0 spiro atoms. The molecule has 0 saturated heterocycles. The standard InChI is InChI=1S/C21H24N2O2/c1-13(2)23-15(4)11-18(16(23)5)19(24)12-25-20-8-6-7-17-10-9-14(3)22-21(17)20/h6-11,13H,12H2,1-5H3. The summed E-state index contributed by atoms with van der Waals surface area (Å²) >= 11 is 0. The van der Waals surface area contributed by atoms with E-state index in [-0.39, 0.29) is 12.4 Å². The minimum atomic E-state index is -0.00958. The molecule has 130 valence electrons. The maximum Gasteiger partial charge on any atom is 0.202 e. The Bertz CT molecular complexity index is 938. The van der Waals surface area contributed by atoms with E-state index in [0.29, 0.717) is 11.8 Å². The fourth-order valence-corrected chi connectivity index (χ4v) is 3.41. The van der Waals surface area contributed by atoms with Crippen LogP contribution in [-0.4, -0.2) is 21.9 Å². The lowest BCUT2D eigenvalue weighted by Crippen LogP contribution is -2.13. The number of rotatable bonds is 5. The number of nitrogens with zero attached hydrogens (tertiary/aromatic N) is 2. The van der Waals surface area contributed by atoms with Gasteiger partial charge in [0.1, 0.15) is 11.3 Å². The Morgan fingerprint density at radius 2 is 1.92 bits per heavy atom. The van der Waals surface area contributed by atoms with Crippen LogP contribution in [0.5, 0.6) is 5.75 Å². The molecule has 0 bridgehead atoms. The number of hydrogen-bond donors (Lipinski definition) is 0. The molecule has 0 amide bonds. The molecule has 4 nitrogen and oxygen atoms in total. The molecule has 1 aromatic carbocycles. The van der Waals surface area contributed by atoms with Crippen molar-refractivity contribution in [2.75, 3.05) is 6.61 Å². The van der Waals surface area contributed by atoms with E-state index in [1.54, 1.807) is 0 Å². The summed E-state index contributed by atoms with van der Waals surface area (Å²) in [7, 11) is 0. The summed E-state index contributed by atoms with van der Waals surface area (Å²) in [5.74, 6) is 0.636. The number of aromatic nitrogens is 2. The summed E-state index contributed by atoms with van der Waals surface area (Å²) in [5.41, 5.74) is 4.54. The van der Waals surface area contributed by atoms with Gasteiger partial charge in [0.05, 0.1) is 0 Å². The normalized spacial score (nSPS) is 11.3. The van der Waals surface area contributed by atoms with E-state index < -0.39 is 0 Å². The molecule has 0 aliphatic rings. The van der Waals surface area contributed by atoms with Crippen LogP contribution in [0.15, 0.2) is 36.4 Å². The number of carbonyl (C=O) groups is 1. The van der Waals surface area contributed by atoms with Crippen molar-refractivity contribution in [2.45, 2.75) is 40.7 Å². The molecule has 2 heterocycles. The Kier molecular flexibility index (Phi) is 4.62. The van der Waals surface area contributed by atoms with E-state index in [4.69, 9.17) is 4.74 Å². The first-order chi connectivity index (χ1) is 11.9. The molecule has 0 N–H and O–H groups in total. The van der Waals surface area contributed by atoms with E-state index in [1.807, 2.05) is 57.2 Å². The van der Waals surface area contributed by atoms with Crippen molar-refractivity contribution in [3.05, 3.63) is 59.0 Å². The minimum Gasteiger partial charge on any atom is -0.483 e. The number of carbonyl (C=O) groups excluding carboxylic acids is 1. The first kappa shape index (κ1) is 17.2. The molecule has 25 heavy (non-hydrogen) atoms. The Labute approximate surface area is 148 Å². The van der Waals surface area contributed by atoms with Crippen LogP contribution in [0, 0.1) is 20.8 Å². The lowest BCUT2D eigenvalue weighted by molar-refractivity contribution is 0.0921. The fourth-order valence-electron chi connectivity index (χ4n) is 3.41. The average molecular weight is 336 g/mol. The number of ketones is 1. The minimum absolute atomic E-state index is 0.00958. The molecule has 0 unspecified atom stereocenters. The Morgan fingerprint density at radius 3 is 2.60 bits per heavy atom. The number of hydrogen-bond acceptors (Lipinski definition) is 3. The summed E-state index contributed by atoms with van der Waals surface area (Å²) < 4.78 is 8.01. The first-order valence-electron chi connectivity index (χ1n) is 8.59. The van der Waals surface area contributed by atoms with Gasteiger partial charge in [0, 0.05) is 34.1 Å². The molecule has 0 aliphatic carbocycles. The third kappa shape index (κ3) is 3.29. The van der Waals surface area contributed by atoms with Gasteiger partial charge < -0.3 is 9.30 Å². The van der Waals surface area contributed by atoms with Crippen molar-refractivity contribution >= 4 is 16.7 Å². The van der Waals surface area contributed by atoms with E-state index in [2.05, 4.69) is 23.4 Å². The summed E-state index contributed by atoms with van der Waals surface area (Å²) in [5, 5.41) is 1.01. The van der Waals surface area contributed by atoms with Gasteiger partial charge in [0.15, 0.2) is 6.61 Å². The molecule has 0 fully saturated rings. The molecule has 3 aromatic rings. The van der Waals surface area contributed by atoms with Gasteiger partial charge in [-0.2, -0.15) is 0 Å². The maximum atomic E-state index is 12.7. The summed E-state index contributed by atoms with van der Waals surface area (Å²) in [6, 6.07) is 12.0. The van der Waals surface area contributed by atoms with Crippen molar-refractivity contribution in [2.24, 2.45) is 0 Å². The number of benzene rings is 1. The van der Waals surface area contributed by atoms with Crippen molar-refractivity contribution in [1.82, 2.24) is 9.55 Å². The van der Waals surface area contributed by atoms with Crippen molar-refractivity contribution in [3.8, 4) is 5.75 Å². The van der Waals surface area contributed by atoms with Gasteiger partial charge in [-0.05, 0) is 52.8 Å². The van der Waals surface area contributed by atoms with Gasteiger partial charge in [0.25, 0.3) is 0 Å². The average Bonchev–Trinajstić information content (AvgIpc) is 2.87. The van der Waals surface area contributed by atoms with Crippen LogP contribution in [0.3, 0.4) is 0 Å². The molecule has 4 heteroatoms. The van der Waals surface area contributed by atoms with Crippen LogP contribution < -0.4 is 4.74 Å². The highest BCUT2D eigenvalue weighted by atomic mass is 16.5. The SMILES string of the molecule is Cc1ccc2cccc(OCC(=O)c3cc(C)n(C(C)C)c3C)c2n1. The second-order valence-corrected chi connectivity index (χ2v) is 6.74. The van der Waals surface area contributed by atoms with Crippen molar-refractivity contribution in [3.63, 3.8) is 0 Å². The van der Waals surface area contributed by atoms with Crippen molar-refractivity contribution in [1.29, 1.82) is 0 Å². The quantitative estimate of drug-likeness (QED) is 0.628. The lowest BCUT2D eigenvalue weighted by atomic mass is 10.1. The topological polar surface area (TPSA) is 44.1 Å². The smallest absolute Gasteiger partial charge is 0.202 e. The molecule has 0 aliphatic heterocycles. The zero-order chi connectivity index (χ0) is 18.1. The van der Waals surface area contributed by atoms with Crippen molar-refractivity contribution < 1.29 is 9.53 Å². The molecule has 0 atom stereocenters. The zero-order valence-corrected chi connectivity index (χ0v) is 15.5. The summed E-state index contributed by atoms with van der Waals surface area (Å²) in [6.45, 7) is 10.2. The summed E-state index contributed by atoms with van der Waals surface area (Å²) in [4.78, 5) is 17.2. The predicted molar refractivity (Wildman–Crippen MR) is 101 cm³/mol. The number of fused-ring (bicyclic) bond motifs is 1. The highest BCUT2D eigenvalue weighted by Crippen LogP contribution is 2.25. The number of Topliss-reactive ketones (excluding diaryl/α,β-unsaturated/α-hetero) is 1. The molecule has 2 aromatic heterocycles. The second-order valence-electron chi connectivity index (χ2n) is 6.74. The van der Waals surface area contributed by atoms with Crippen LogP contribution in [0.2, 0.25) is 0 Å². The van der Waals surface area contributed by atoms with E-state index >= 15 is 0 Å². The summed E-state index contributed by atoms with van der Waals surface area (Å²) in [6.07, 6.45) is 0. The lowest BCUT2D eigenvalue weighted by Gasteiger charge is -2.13. The van der Waals surface area contributed by atoms with Crippen LogP contribution in [0.25, 0.3) is 10.9 Å². The Balaban J connectivity index is 1.84. The predicted octanol–water partition coefficient (Wildman–Crippen LogP) is 4.80. The molecule has 3 rings (SSSR count). The molecule has 0 saturated carbocycles. The third-order valence-electron chi connectivity index (χ3n) is 4.48. The van der Waals surface area contributed by atoms with Crippen LogP contribution in [0.4, 0.5) is 0 Å². The van der Waals surface area contributed by atoms with E-state index in [0.717, 1.165) is 33.5 Å². The largest absolute Gasteiger partial charge is 0.483 e. The fraction of sp³-hybridized carbons (Fsp3) is 0.333. The van der Waals surface area contributed by atoms with Gasteiger partial charge in [0.2, 0.25) is 5.78 Å². The monoisotopic (exact) mass is 336 g/mol. The first-order valence-corrected chi connectivity index (χ1v) is 8.59. The molecule has 0 radical (unpaired) electrons. The zero-order valence-electron chi connectivity index (χ0n) is 15.5. The number of para-hydroxylation sites is 1. The van der Waals surface area contributed by atoms with Crippen LogP contribution >= 0.6 is 0 Å². The Hall–Kier alpha value is -2.62. The molecular formula is C21H24N2O2. The van der Waals surface area contributed by atoms with Gasteiger partial charge >= 0.3 is 0 Å². The third-order valence-corrected chi connectivity index (χ3v) is 4.48. The van der Waals surface area contributed by atoms with E-state index in [1.165, 1.54) is 0 Å². The van der Waals surface area contributed by atoms with Gasteiger partial charge in [-0.15, -0.1) is 0 Å². The number of pyridine rings is 1. The highest BCUT2D eigenvalue weighted by molar-refractivity contribution is 5.99. The van der Waals surface area contributed by atoms with Gasteiger partial charge in [-0.1, -0.05) is 18.2 Å². The van der Waals surface area contributed by atoms with Gasteiger partial charge in [-0.3, -0.25) is 4.79 Å². The van der Waals surface area contributed by atoms with Crippen LogP contribution in [0.1, 0.15) is 47.3 Å². The maximum absolute atomic E-state index is 12.7. The molecular weight excluding hydrogens is 312 g/mol. The van der Waals surface area contributed by atoms with E-state index in [9.17, 15) is 4.79 Å². The second kappa shape index (κ2) is 6.71. The van der Waals surface area contributed by atoms with Gasteiger partial charge in [-0.25, -0.2) is 4.98 Å². The van der Waals surface area contributed by atoms with Crippen LogP contribution in [-0.2, 0) is 0 Å². The Morgan fingerprint density at radius 1 is 1.16 bits per heavy atom. The highest BCUT2D eigenvalue weighted by Gasteiger charge is 2.18.